The zero-order valence-electron chi connectivity index (χ0n) is 13.6. The van der Waals surface area contributed by atoms with Crippen molar-refractivity contribution in [2.24, 2.45) is 5.92 Å². The Morgan fingerprint density at radius 3 is 2.68 bits per heavy atom. The van der Waals surface area contributed by atoms with Gasteiger partial charge in [0.15, 0.2) is 11.5 Å². The fourth-order valence-electron chi connectivity index (χ4n) is 2.94. The van der Waals surface area contributed by atoms with E-state index in [4.69, 9.17) is 14.2 Å². The van der Waals surface area contributed by atoms with Gasteiger partial charge in [0.2, 0.25) is 0 Å². The lowest BCUT2D eigenvalue weighted by molar-refractivity contribution is -0.147. The number of benzene rings is 1. The number of likely N-dealkylation sites (tertiary alicyclic amines) is 1. The van der Waals surface area contributed by atoms with Crippen molar-refractivity contribution in [3.63, 3.8) is 0 Å². The highest BCUT2D eigenvalue weighted by Gasteiger charge is 2.26. The predicted molar refractivity (Wildman–Crippen MR) is 84.4 cm³/mol. The van der Waals surface area contributed by atoms with Gasteiger partial charge in [-0.2, -0.15) is 0 Å². The van der Waals surface area contributed by atoms with Gasteiger partial charge in [0.25, 0.3) is 0 Å². The molecule has 2 rings (SSSR count). The monoisotopic (exact) mass is 307 g/mol. The lowest BCUT2D eigenvalue weighted by atomic mass is 9.98. The minimum atomic E-state index is -0.0872. The van der Waals surface area contributed by atoms with Gasteiger partial charge in [-0.3, -0.25) is 4.79 Å². The zero-order valence-corrected chi connectivity index (χ0v) is 13.6. The van der Waals surface area contributed by atoms with E-state index in [0.29, 0.717) is 0 Å². The molecule has 1 saturated heterocycles. The Morgan fingerprint density at radius 1 is 1.23 bits per heavy atom. The van der Waals surface area contributed by atoms with E-state index >= 15 is 0 Å². The van der Waals surface area contributed by atoms with Crippen molar-refractivity contribution in [1.29, 1.82) is 0 Å². The Kier molecular flexibility index (Phi) is 6.07. The first-order valence-corrected chi connectivity index (χ1v) is 7.69. The summed E-state index contributed by atoms with van der Waals surface area (Å²) in [5, 5.41) is 0. The fourth-order valence-corrected chi connectivity index (χ4v) is 2.94. The number of piperidine rings is 1. The van der Waals surface area contributed by atoms with Crippen LogP contribution < -0.4 is 9.47 Å². The Bertz CT molecular complexity index is 503. The third-order valence-corrected chi connectivity index (χ3v) is 4.20. The Labute approximate surface area is 132 Å². The van der Waals surface area contributed by atoms with Gasteiger partial charge in [-0.15, -0.1) is 0 Å². The molecule has 0 amide bonds. The minimum Gasteiger partial charge on any atom is -0.493 e. The quantitative estimate of drug-likeness (QED) is 0.754. The molecule has 1 aliphatic heterocycles. The fraction of sp³-hybridized carbons (Fsp3) is 0.588. The molecular weight excluding hydrogens is 282 g/mol. The minimum absolute atomic E-state index is 0.0177. The first kappa shape index (κ1) is 16.6. The number of carbonyl (C=O) groups is 1. The Balaban J connectivity index is 1.91. The van der Waals surface area contributed by atoms with E-state index < -0.39 is 0 Å². The molecule has 1 atom stereocenters. The van der Waals surface area contributed by atoms with E-state index in [1.54, 1.807) is 14.2 Å². The molecule has 1 aliphatic rings. The first-order chi connectivity index (χ1) is 10.7. The first-order valence-electron chi connectivity index (χ1n) is 7.69. The number of nitrogens with zero attached hydrogens (tertiary/aromatic N) is 1. The topological polar surface area (TPSA) is 48.0 Å². The van der Waals surface area contributed by atoms with E-state index in [0.717, 1.165) is 50.4 Å². The van der Waals surface area contributed by atoms with E-state index in [2.05, 4.69) is 11.0 Å². The van der Waals surface area contributed by atoms with Gasteiger partial charge < -0.3 is 19.1 Å². The van der Waals surface area contributed by atoms with E-state index in [9.17, 15) is 4.79 Å². The van der Waals surface area contributed by atoms with Crippen LogP contribution in [0.25, 0.3) is 0 Å². The molecule has 1 aromatic rings. The second-order valence-corrected chi connectivity index (χ2v) is 5.60. The van der Waals surface area contributed by atoms with Gasteiger partial charge in [-0.05, 0) is 43.5 Å². The summed E-state index contributed by atoms with van der Waals surface area (Å²) >= 11 is 0. The molecule has 0 aromatic heterocycles. The van der Waals surface area contributed by atoms with Crippen molar-refractivity contribution in [3.05, 3.63) is 23.8 Å². The number of carbonyl (C=O) groups excluding carboxylic acids is 1. The molecule has 22 heavy (non-hydrogen) atoms. The highest BCUT2D eigenvalue weighted by Crippen LogP contribution is 2.28. The molecule has 0 spiro atoms. The normalized spacial score (nSPS) is 18.8. The molecule has 122 valence electrons. The molecule has 0 aliphatic carbocycles. The molecular formula is C17H25NO4. The Hall–Kier alpha value is -1.75. The third kappa shape index (κ3) is 4.13. The molecule has 5 nitrogen and oxygen atoms in total. The summed E-state index contributed by atoms with van der Waals surface area (Å²) in [5.41, 5.74) is 1.21. The van der Waals surface area contributed by atoms with Gasteiger partial charge in [0, 0.05) is 13.1 Å². The van der Waals surface area contributed by atoms with Crippen molar-refractivity contribution >= 4 is 5.97 Å². The van der Waals surface area contributed by atoms with E-state index in [-0.39, 0.29) is 11.9 Å². The zero-order chi connectivity index (χ0) is 15.9. The van der Waals surface area contributed by atoms with Crippen LogP contribution in [-0.2, 0) is 16.0 Å². The molecule has 0 saturated carbocycles. The average Bonchev–Trinajstić information content (AvgIpc) is 2.59. The molecule has 5 heteroatoms. The van der Waals surface area contributed by atoms with Crippen molar-refractivity contribution < 1.29 is 19.0 Å². The summed E-state index contributed by atoms with van der Waals surface area (Å²) in [4.78, 5) is 14.0. The highest BCUT2D eigenvalue weighted by molar-refractivity contribution is 5.72. The number of hydrogen-bond donors (Lipinski definition) is 0. The van der Waals surface area contributed by atoms with Gasteiger partial charge in [-0.1, -0.05) is 6.07 Å². The van der Waals surface area contributed by atoms with Gasteiger partial charge >= 0.3 is 5.97 Å². The molecule has 0 bridgehead atoms. The second kappa shape index (κ2) is 8.03. The number of rotatable bonds is 6. The molecule has 0 N–H and O–H groups in total. The SMILES string of the molecule is COC(=O)C1CCCN(CCc2ccc(OC)c(OC)c2)C1. The van der Waals surface area contributed by atoms with Crippen molar-refractivity contribution in [2.75, 3.05) is 41.0 Å². The molecule has 1 heterocycles. The smallest absolute Gasteiger partial charge is 0.309 e. The van der Waals surface area contributed by atoms with Gasteiger partial charge in [-0.25, -0.2) is 0 Å². The molecule has 1 aromatic carbocycles. The Morgan fingerprint density at radius 2 is 2.00 bits per heavy atom. The number of methoxy groups -OCH3 is 3. The van der Waals surface area contributed by atoms with Crippen LogP contribution in [0.5, 0.6) is 11.5 Å². The largest absolute Gasteiger partial charge is 0.493 e. The maximum Gasteiger partial charge on any atom is 0.309 e. The van der Waals surface area contributed by atoms with Crippen LogP contribution in [0.1, 0.15) is 18.4 Å². The number of ether oxygens (including phenoxy) is 3. The summed E-state index contributed by atoms with van der Waals surface area (Å²) in [7, 11) is 4.75. The van der Waals surface area contributed by atoms with Crippen LogP contribution in [0.2, 0.25) is 0 Å². The highest BCUT2D eigenvalue weighted by atomic mass is 16.5. The second-order valence-electron chi connectivity index (χ2n) is 5.60. The van der Waals surface area contributed by atoms with Crippen LogP contribution in [0, 0.1) is 5.92 Å². The lowest BCUT2D eigenvalue weighted by Crippen LogP contribution is -2.40. The average molecular weight is 307 g/mol. The van der Waals surface area contributed by atoms with Gasteiger partial charge in [0.1, 0.15) is 0 Å². The van der Waals surface area contributed by atoms with Crippen molar-refractivity contribution in [1.82, 2.24) is 4.90 Å². The summed E-state index contributed by atoms with van der Waals surface area (Å²) < 4.78 is 15.4. The van der Waals surface area contributed by atoms with Crippen LogP contribution in [0.15, 0.2) is 18.2 Å². The summed E-state index contributed by atoms with van der Waals surface area (Å²) in [6.45, 7) is 2.77. The maximum atomic E-state index is 11.7. The molecule has 1 unspecified atom stereocenters. The van der Waals surface area contributed by atoms with Crippen molar-refractivity contribution in [3.8, 4) is 11.5 Å². The van der Waals surface area contributed by atoms with E-state index in [1.165, 1.54) is 12.7 Å². The summed E-state index contributed by atoms with van der Waals surface area (Å²) in [6.07, 6.45) is 2.90. The predicted octanol–water partition coefficient (Wildman–Crippen LogP) is 2.13. The van der Waals surface area contributed by atoms with Crippen molar-refractivity contribution in [2.45, 2.75) is 19.3 Å². The molecule has 1 fully saturated rings. The lowest BCUT2D eigenvalue weighted by Gasteiger charge is -2.31. The van der Waals surface area contributed by atoms with Crippen LogP contribution in [0.4, 0.5) is 0 Å². The van der Waals surface area contributed by atoms with Crippen LogP contribution >= 0.6 is 0 Å². The van der Waals surface area contributed by atoms with Gasteiger partial charge in [0.05, 0.1) is 27.2 Å². The van der Waals surface area contributed by atoms with Crippen LogP contribution in [0.3, 0.4) is 0 Å². The van der Waals surface area contributed by atoms with E-state index in [1.807, 2.05) is 12.1 Å². The number of esters is 1. The summed E-state index contributed by atoms with van der Waals surface area (Å²) in [6, 6.07) is 6.01. The maximum absolute atomic E-state index is 11.7. The van der Waals surface area contributed by atoms with Crippen LogP contribution in [-0.4, -0.2) is 51.8 Å². The third-order valence-electron chi connectivity index (χ3n) is 4.20. The standard InChI is InChI=1S/C17H25NO4/c1-20-15-7-6-13(11-16(15)21-2)8-10-18-9-4-5-14(12-18)17(19)22-3/h6-7,11,14H,4-5,8-10,12H2,1-3H3. The summed E-state index contributed by atoms with van der Waals surface area (Å²) in [5.74, 6) is 1.43. The molecule has 0 radical (unpaired) electrons. The number of hydrogen-bond acceptors (Lipinski definition) is 5.